The number of aliphatic hydroxyl groups is 1. The molecular formula is C31H35N3O2. The van der Waals surface area contributed by atoms with Gasteiger partial charge in [-0.1, -0.05) is 72.8 Å². The van der Waals surface area contributed by atoms with Gasteiger partial charge in [-0.3, -0.25) is 4.90 Å². The van der Waals surface area contributed by atoms with Gasteiger partial charge >= 0.3 is 0 Å². The molecule has 0 heterocycles. The predicted octanol–water partition coefficient (Wildman–Crippen LogP) is 5.66. The van der Waals surface area contributed by atoms with E-state index in [0.717, 1.165) is 29.1 Å². The first-order chi connectivity index (χ1) is 17.5. The van der Waals surface area contributed by atoms with Crippen LogP contribution in [0.15, 0.2) is 109 Å². The number of hydrogen-bond donors (Lipinski definition) is 3. The minimum Gasteiger partial charge on any atom is -0.472 e. The van der Waals surface area contributed by atoms with Crippen molar-refractivity contribution in [1.82, 2.24) is 4.90 Å². The number of ether oxygens (including phenoxy) is 1. The van der Waals surface area contributed by atoms with Gasteiger partial charge in [0.05, 0.1) is 0 Å². The van der Waals surface area contributed by atoms with Crippen LogP contribution in [-0.4, -0.2) is 28.9 Å². The SMILES string of the molecule is CC(O)C(Oc1ccccc1)N(CCC(c1ccc(N)cc1)c1ccc(N)cc1)Cc1ccccc1. The molecule has 0 saturated carbocycles. The van der Waals surface area contributed by atoms with Crippen LogP contribution in [0.2, 0.25) is 0 Å². The summed E-state index contributed by atoms with van der Waals surface area (Å²) in [5, 5.41) is 10.8. The zero-order valence-electron chi connectivity index (χ0n) is 20.7. The normalized spacial score (nSPS) is 13.0. The number of benzene rings is 4. The number of nitrogens with two attached hydrogens (primary N) is 2. The van der Waals surface area contributed by atoms with Crippen molar-refractivity contribution in [3.63, 3.8) is 0 Å². The first-order valence-electron chi connectivity index (χ1n) is 12.4. The number of anilines is 2. The van der Waals surface area contributed by atoms with Gasteiger partial charge in [-0.15, -0.1) is 0 Å². The van der Waals surface area contributed by atoms with Gasteiger partial charge in [0.2, 0.25) is 0 Å². The van der Waals surface area contributed by atoms with E-state index in [1.807, 2.05) is 72.8 Å². The van der Waals surface area contributed by atoms with E-state index in [-0.39, 0.29) is 5.92 Å². The maximum absolute atomic E-state index is 10.8. The Hall–Kier alpha value is -3.80. The van der Waals surface area contributed by atoms with Crippen molar-refractivity contribution in [1.29, 1.82) is 0 Å². The summed E-state index contributed by atoms with van der Waals surface area (Å²) in [6.07, 6.45) is -0.381. The summed E-state index contributed by atoms with van der Waals surface area (Å²) in [5.41, 5.74) is 17.0. The molecule has 0 spiro atoms. The third kappa shape index (κ3) is 6.87. The fraction of sp³-hybridized carbons (Fsp3) is 0.226. The topological polar surface area (TPSA) is 84.7 Å². The standard InChI is InChI=1S/C31H35N3O2/c1-23(35)31(36-29-10-6-3-7-11-29)34(22-24-8-4-2-5-9-24)21-20-30(25-12-16-27(32)17-13-25)26-14-18-28(33)19-15-26/h2-19,23,30-31,35H,20-22,32-33H2,1H3. The minimum atomic E-state index is -0.694. The summed E-state index contributed by atoms with van der Waals surface area (Å²) in [5.74, 6) is 0.867. The Morgan fingerprint density at radius 2 is 1.22 bits per heavy atom. The molecule has 0 aliphatic rings. The molecule has 0 bridgehead atoms. The molecule has 186 valence electrons. The molecule has 0 aromatic heterocycles. The highest BCUT2D eigenvalue weighted by Crippen LogP contribution is 2.30. The van der Waals surface area contributed by atoms with E-state index in [1.54, 1.807) is 6.92 Å². The van der Waals surface area contributed by atoms with Crippen LogP contribution in [0.5, 0.6) is 5.75 Å². The molecule has 0 amide bonds. The van der Waals surface area contributed by atoms with Crippen LogP contribution in [0.3, 0.4) is 0 Å². The smallest absolute Gasteiger partial charge is 0.178 e. The maximum Gasteiger partial charge on any atom is 0.178 e. The number of rotatable bonds is 11. The highest BCUT2D eigenvalue weighted by Gasteiger charge is 2.27. The van der Waals surface area contributed by atoms with Crippen molar-refractivity contribution in [3.05, 3.63) is 126 Å². The zero-order chi connectivity index (χ0) is 25.3. The Labute approximate surface area is 214 Å². The second-order valence-electron chi connectivity index (χ2n) is 9.19. The minimum absolute atomic E-state index is 0.135. The molecule has 2 unspecified atom stereocenters. The lowest BCUT2D eigenvalue weighted by Crippen LogP contribution is -2.46. The molecule has 4 aromatic rings. The summed E-state index contributed by atoms with van der Waals surface area (Å²) < 4.78 is 6.33. The molecule has 0 saturated heterocycles. The second-order valence-corrected chi connectivity index (χ2v) is 9.19. The molecule has 5 nitrogen and oxygen atoms in total. The molecule has 4 rings (SSSR count). The van der Waals surface area contributed by atoms with Gasteiger partial charge < -0.3 is 21.3 Å². The van der Waals surface area contributed by atoms with Crippen molar-refractivity contribution in [2.24, 2.45) is 0 Å². The summed E-state index contributed by atoms with van der Waals surface area (Å²) in [6.45, 7) is 3.14. The van der Waals surface area contributed by atoms with E-state index in [9.17, 15) is 5.11 Å². The largest absolute Gasteiger partial charge is 0.472 e. The quantitative estimate of drug-likeness (QED) is 0.190. The van der Waals surface area contributed by atoms with E-state index >= 15 is 0 Å². The van der Waals surface area contributed by atoms with Crippen LogP contribution < -0.4 is 16.2 Å². The van der Waals surface area contributed by atoms with Gasteiger partial charge in [0.1, 0.15) is 11.9 Å². The Morgan fingerprint density at radius 3 is 1.72 bits per heavy atom. The summed E-state index contributed by atoms with van der Waals surface area (Å²) in [7, 11) is 0. The Balaban J connectivity index is 1.63. The summed E-state index contributed by atoms with van der Waals surface area (Å²) in [4.78, 5) is 2.22. The lowest BCUT2D eigenvalue weighted by molar-refractivity contribution is -0.0633. The molecule has 4 aromatic carbocycles. The van der Waals surface area contributed by atoms with E-state index < -0.39 is 12.3 Å². The van der Waals surface area contributed by atoms with Crippen molar-refractivity contribution in [2.75, 3.05) is 18.0 Å². The van der Waals surface area contributed by atoms with E-state index in [2.05, 4.69) is 41.3 Å². The number of hydrogen-bond acceptors (Lipinski definition) is 5. The lowest BCUT2D eigenvalue weighted by Gasteiger charge is -2.35. The average Bonchev–Trinajstić information content (AvgIpc) is 2.90. The van der Waals surface area contributed by atoms with Gasteiger partial charge in [-0.05, 0) is 66.4 Å². The van der Waals surface area contributed by atoms with Crippen molar-refractivity contribution in [3.8, 4) is 5.75 Å². The highest BCUT2D eigenvalue weighted by molar-refractivity contribution is 5.45. The van der Waals surface area contributed by atoms with E-state index in [1.165, 1.54) is 11.1 Å². The van der Waals surface area contributed by atoms with Crippen LogP contribution in [-0.2, 0) is 6.54 Å². The Bertz CT molecular complexity index is 1130. The highest BCUT2D eigenvalue weighted by atomic mass is 16.5. The first-order valence-corrected chi connectivity index (χ1v) is 12.4. The van der Waals surface area contributed by atoms with Gasteiger partial charge in [0, 0.05) is 30.4 Å². The fourth-order valence-corrected chi connectivity index (χ4v) is 4.51. The fourth-order valence-electron chi connectivity index (χ4n) is 4.51. The van der Waals surface area contributed by atoms with E-state index in [4.69, 9.17) is 16.2 Å². The molecule has 2 atom stereocenters. The molecule has 0 aliphatic carbocycles. The third-order valence-electron chi connectivity index (χ3n) is 6.38. The number of para-hydroxylation sites is 1. The zero-order valence-corrected chi connectivity index (χ0v) is 20.7. The van der Waals surface area contributed by atoms with Gasteiger partial charge in [-0.25, -0.2) is 0 Å². The van der Waals surface area contributed by atoms with Crippen LogP contribution >= 0.6 is 0 Å². The molecular weight excluding hydrogens is 446 g/mol. The molecule has 0 radical (unpaired) electrons. The third-order valence-corrected chi connectivity index (χ3v) is 6.38. The summed E-state index contributed by atoms with van der Waals surface area (Å²) >= 11 is 0. The molecule has 0 aliphatic heterocycles. The van der Waals surface area contributed by atoms with Crippen LogP contribution in [0.25, 0.3) is 0 Å². The van der Waals surface area contributed by atoms with Crippen molar-refractivity contribution < 1.29 is 9.84 Å². The molecule has 0 fully saturated rings. The summed E-state index contributed by atoms with van der Waals surface area (Å²) in [6, 6.07) is 36.1. The maximum atomic E-state index is 10.8. The Morgan fingerprint density at radius 1 is 0.722 bits per heavy atom. The van der Waals surface area contributed by atoms with Crippen LogP contribution in [0.4, 0.5) is 11.4 Å². The van der Waals surface area contributed by atoms with Crippen molar-refractivity contribution >= 4 is 11.4 Å². The monoisotopic (exact) mass is 481 g/mol. The lowest BCUT2D eigenvalue weighted by atomic mass is 9.88. The van der Waals surface area contributed by atoms with Crippen LogP contribution in [0, 0.1) is 0 Å². The van der Waals surface area contributed by atoms with Gasteiger partial charge in [-0.2, -0.15) is 0 Å². The van der Waals surface area contributed by atoms with Crippen molar-refractivity contribution in [2.45, 2.75) is 38.1 Å². The second kappa shape index (κ2) is 12.2. The number of nitrogens with zero attached hydrogens (tertiary/aromatic N) is 1. The van der Waals surface area contributed by atoms with Gasteiger partial charge in [0.25, 0.3) is 0 Å². The van der Waals surface area contributed by atoms with E-state index in [0.29, 0.717) is 13.1 Å². The number of aliphatic hydroxyl groups excluding tert-OH is 1. The Kier molecular flexibility index (Phi) is 8.61. The first kappa shape index (κ1) is 25.3. The molecule has 5 heteroatoms. The van der Waals surface area contributed by atoms with Gasteiger partial charge in [0.15, 0.2) is 6.23 Å². The predicted molar refractivity (Wildman–Crippen MR) is 148 cm³/mol. The number of nitrogen functional groups attached to an aromatic ring is 2. The average molecular weight is 482 g/mol. The molecule has 5 N–H and O–H groups in total. The van der Waals surface area contributed by atoms with Crippen LogP contribution in [0.1, 0.15) is 36.0 Å². The molecule has 36 heavy (non-hydrogen) atoms.